The predicted octanol–water partition coefficient (Wildman–Crippen LogP) is 5.78. The van der Waals surface area contributed by atoms with Crippen LogP contribution >= 0.6 is 0 Å². The van der Waals surface area contributed by atoms with Crippen LogP contribution in [0.25, 0.3) is 33.4 Å². The van der Waals surface area contributed by atoms with Crippen molar-refractivity contribution < 1.29 is 14.2 Å². The third kappa shape index (κ3) is 3.77. The highest BCUT2D eigenvalue weighted by molar-refractivity contribution is 5.88. The van der Waals surface area contributed by atoms with Gasteiger partial charge in [-0.1, -0.05) is 42.5 Å². The second-order valence-electron chi connectivity index (χ2n) is 8.17. The fourth-order valence-corrected chi connectivity index (χ4v) is 4.42. The lowest BCUT2D eigenvalue weighted by atomic mass is 10.0. The largest absolute Gasteiger partial charge is 0.493 e. The van der Waals surface area contributed by atoms with Crippen LogP contribution in [0.1, 0.15) is 5.56 Å². The van der Waals surface area contributed by atoms with E-state index in [1.165, 1.54) is 16.5 Å². The topological polar surface area (TPSA) is 50.4 Å². The highest BCUT2D eigenvalue weighted by Crippen LogP contribution is 2.43. The highest BCUT2D eigenvalue weighted by Gasteiger charge is 2.20. The van der Waals surface area contributed by atoms with Crippen molar-refractivity contribution >= 4 is 10.9 Å². The maximum absolute atomic E-state index is 5.61. The minimum absolute atomic E-state index is 0.559. The van der Waals surface area contributed by atoms with Gasteiger partial charge in [0.15, 0.2) is 11.5 Å². The van der Waals surface area contributed by atoms with Gasteiger partial charge in [-0.2, -0.15) is 0 Å². The van der Waals surface area contributed by atoms with Crippen LogP contribution in [-0.4, -0.2) is 35.4 Å². The van der Waals surface area contributed by atoms with Gasteiger partial charge in [-0.05, 0) is 35.2 Å². The van der Waals surface area contributed by atoms with Gasteiger partial charge in [-0.15, -0.1) is 0 Å². The molecule has 0 radical (unpaired) electrons. The molecule has 5 aromatic rings. The molecule has 0 spiro atoms. The summed E-state index contributed by atoms with van der Waals surface area (Å²) < 4.78 is 21.1. The number of benzene rings is 3. The van der Waals surface area contributed by atoms with Crippen molar-refractivity contribution in [1.29, 1.82) is 0 Å². The number of nitrogens with zero attached hydrogens (tertiary/aromatic N) is 3. The van der Waals surface area contributed by atoms with E-state index in [4.69, 9.17) is 19.2 Å². The molecule has 5 rings (SSSR count). The Balaban J connectivity index is 1.72. The number of imidazole rings is 1. The van der Waals surface area contributed by atoms with E-state index in [1.54, 1.807) is 21.3 Å². The maximum Gasteiger partial charge on any atom is 0.203 e. The van der Waals surface area contributed by atoms with Crippen LogP contribution in [-0.2, 0) is 13.6 Å². The second-order valence-corrected chi connectivity index (χ2v) is 8.17. The van der Waals surface area contributed by atoms with Gasteiger partial charge < -0.3 is 23.3 Å². The van der Waals surface area contributed by atoms with Gasteiger partial charge in [0, 0.05) is 36.4 Å². The molecule has 2 aromatic heterocycles. The first-order chi connectivity index (χ1) is 16.6. The molecule has 0 fully saturated rings. The third-order valence-corrected chi connectivity index (χ3v) is 6.13. The molecule has 0 bridgehead atoms. The molecule has 3 aromatic carbocycles. The Kier molecular flexibility index (Phi) is 5.72. The van der Waals surface area contributed by atoms with Gasteiger partial charge in [-0.3, -0.25) is 0 Å². The Bertz CT molecular complexity index is 1430. The van der Waals surface area contributed by atoms with Crippen molar-refractivity contribution in [2.75, 3.05) is 21.3 Å². The average molecular weight is 454 g/mol. The summed E-state index contributed by atoms with van der Waals surface area (Å²) in [5, 5.41) is 1.20. The fourth-order valence-electron chi connectivity index (χ4n) is 4.42. The highest BCUT2D eigenvalue weighted by atomic mass is 16.5. The smallest absolute Gasteiger partial charge is 0.203 e. The van der Waals surface area contributed by atoms with E-state index in [0.717, 1.165) is 22.5 Å². The van der Waals surface area contributed by atoms with Crippen LogP contribution in [0.15, 0.2) is 79.3 Å². The Hall–Kier alpha value is -4.19. The number of hydrogen-bond donors (Lipinski definition) is 0. The number of fused-ring (bicyclic) bond motifs is 1. The van der Waals surface area contributed by atoms with Crippen molar-refractivity contribution in [2.24, 2.45) is 7.05 Å². The Morgan fingerprint density at radius 1 is 0.794 bits per heavy atom. The molecule has 0 saturated carbocycles. The van der Waals surface area contributed by atoms with Crippen LogP contribution in [0.5, 0.6) is 17.2 Å². The molecule has 0 atom stereocenters. The van der Waals surface area contributed by atoms with Crippen LogP contribution in [0.3, 0.4) is 0 Å². The Morgan fingerprint density at radius 2 is 1.53 bits per heavy atom. The molecule has 6 heteroatoms. The molecule has 34 heavy (non-hydrogen) atoms. The van der Waals surface area contributed by atoms with Gasteiger partial charge in [0.05, 0.1) is 39.0 Å². The van der Waals surface area contributed by atoms with E-state index in [2.05, 4.69) is 70.9 Å². The summed E-state index contributed by atoms with van der Waals surface area (Å²) in [6.45, 7) is 0.707. The van der Waals surface area contributed by atoms with Crippen LogP contribution in [0.4, 0.5) is 0 Å². The maximum atomic E-state index is 5.61. The molecule has 0 saturated heterocycles. The van der Waals surface area contributed by atoms with Crippen LogP contribution in [0, 0.1) is 0 Å². The number of aromatic nitrogens is 3. The molecule has 0 amide bonds. The molecule has 0 aliphatic carbocycles. The molecule has 2 heterocycles. The minimum atomic E-state index is 0.559. The zero-order valence-electron chi connectivity index (χ0n) is 19.8. The summed E-state index contributed by atoms with van der Waals surface area (Å²) in [6, 6.07) is 22.9. The molecule has 6 nitrogen and oxygen atoms in total. The van der Waals surface area contributed by atoms with E-state index in [9.17, 15) is 0 Å². The molecule has 0 N–H and O–H groups in total. The standard InChI is InChI=1S/C28H27N3O3/c1-30-13-12-20-10-11-21(14-23(20)30)27-26(29-18-31(27)17-19-8-6-5-7-9-19)22-15-24(32-2)28(34-4)25(16-22)33-3/h5-16,18H,17H2,1-4H3. The van der Waals surface area contributed by atoms with Crippen molar-refractivity contribution in [3.8, 4) is 39.8 Å². The van der Waals surface area contributed by atoms with E-state index in [0.29, 0.717) is 23.8 Å². The number of hydrogen-bond acceptors (Lipinski definition) is 4. The molecule has 0 aliphatic rings. The number of methoxy groups -OCH3 is 3. The monoisotopic (exact) mass is 453 g/mol. The average Bonchev–Trinajstić information content (AvgIpc) is 3.46. The Morgan fingerprint density at radius 3 is 2.21 bits per heavy atom. The summed E-state index contributed by atoms with van der Waals surface area (Å²) in [5.41, 5.74) is 6.23. The van der Waals surface area contributed by atoms with Crippen molar-refractivity contribution in [2.45, 2.75) is 6.54 Å². The normalized spacial score (nSPS) is 11.1. The molecular weight excluding hydrogens is 426 g/mol. The van der Waals surface area contributed by atoms with E-state index in [1.807, 2.05) is 24.5 Å². The summed E-state index contributed by atoms with van der Waals surface area (Å²) in [6.07, 6.45) is 3.98. The van der Waals surface area contributed by atoms with Gasteiger partial charge in [0.2, 0.25) is 5.75 Å². The quantitative estimate of drug-likeness (QED) is 0.313. The fraction of sp³-hybridized carbons (Fsp3) is 0.179. The first-order valence-electron chi connectivity index (χ1n) is 11.1. The molecular formula is C28H27N3O3. The predicted molar refractivity (Wildman–Crippen MR) is 135 cm³/mol. The third-order valence-electron chi connectivity index (χ3n) is 6.13. The minimum Gasteiger partial charge on any atom is -0.493 e. The first kappa shape index (κ1) is 21.6. The summed E-state index contributed by atoms with van der Waals surface area (Å²) in [4.78, 5) is 4.86. The number of ether oxygens (including phenoxy) is 3. The lowest BCUT2D eigenvalue weighted by molar-refractivity contribution is 0.324. The summed E-state index contributed by atoms with van der Waals surface area (Å²) >= 11 is 0. The summed E-state index contributed by atoms with van der Waals surface area (Å²) in [5.74, 6) is 1.75. The van der Waals surface area contributed by atoms with Crippen molar-refractivity contribution in [3.05, 3.63) is 84.8 Å². The van der Waals surface area contributed by atoms with Gasteiger partial charge in [-0.25, -0.2) is 4.98 Å². The zero-order valence-corrected chi connectivity index (χ0v) is 19.8. The van der Waals surface area contributed by atoms with Crippen LogP contribution in [0.2, 0.25) is 0 Å². The second kappa shape index (κ2) is 8.98. The molecule has 0 aliphatic heterocycles. The van der Waals surface area contributed by atoms with Crippen molar-refractivity contribution in [1.82, 2.24) is 14.1 Å². The van der Waals surface area contributed by atoms with Crippen molar-refractivity contribution in [3.63, 3.8) is 0 Å². The van der Waals surface area contributed by atoms with E-state index in [-0.39, 0.29) is 0 Å². The Labute approximate surface area is 199 Å². The first-order valence-corrected chi connectivity index (χ1v) is 11.1. The van der Waals surface area contributed by atoms with E-state index < -0.39 is 0 Å². The van der Waals surface area contributed by atoms with Gasteiger partial charge in [0.25, 0.3) is 0 Å². The number of rotatable bonds is 7. The lowest BCUT2D eigenvalue weighted by Gasteiger charge is -2.15. The van der Waals surface area contributed by atoms with E-state index >= 15 is 0 Å². The molecule has 172 valence electrons. The zero-order chi connectivity index (χ0) is 23.7. The number of aryl methyl sites for hydroxylation is 1. The SMILES string of the molecule is COc1cc(-c2ncn(Cc3ccccc3)c2-c2ccc3ccn(C)c3c2)cc(OC)c1OC. The summed E-state index contributed by atoms with van der Waals surface area (Å²) in [7, 11) is 6.92. The lowest BCUT2D eigenvalue weighted by Crippen LogP contribution is -2.01. The van der Waals surface area contributed by atoms with Gasteiger partial charge >= 0.3 is 0 Å². The molecule has 0 unspecified atom stereocenters. The van der Waals surface area contributed by atoms with Crippen LogP contribution < -0.4 is 14.2 Å². The van der Waals surface area contributed by atoms with Gasteiger partial charge in [0.1, 0.15) is 0 Å².